The Kier molecular flexibility index (Phi) is 5.79. The number of methoxy groups -OCH3 is 1. The first-order valence-electron chi connectivity index (χ1n) is 7.91. The van der Waals surface area contributed by atoms with Gasteiger partial charge in [0.05, 0.1) is 12.8 Å². The lowest BCUT2D eigenvalue weighted by Gasteiger charge is -2.26. The first-order chi connectivity index (χ1) is 12.1. The first kappa shape index (κ1) is 19.6. The van der Waals surface area contributed by atoms with Crippen molar-refractivity contribution < 1.29 is 32.6 Å². The lowest BCUT2D eigenvalue weighted by molar-refractivity contribution is -0.123. The van der Waals surface area contributed by atoms with Crippen molar-refractivity contribution in [3.63, 3.8) is 0 Å². The first-order valence-corrected chi connectivity index (χ1v) is 7.91. The molecule has 0 radical (unpaired) electrons. The van der Waals surface area contributed by atoms with E-state index in [9.17, 15) is 27.9 Å². The molecule has 3 N–H and O–H groups in total. The van der Waals surface area contributed by atoms with Gasteiger partial charge in [-0.3, -0.25) is 9.59 Å². The number of aliphatic hydroxyl groups excluding tert-OH is 1. The zero-order chi connectivity index (χ0) is 19.6. The monoisotopic (exact) mass is 372 g/mol. The summed E-state index contributed by atoms with van der Waals surface area (Å²) >= 11 is 0. The number of carbonyl (C=O) groups is 2. The average molecular weight is 372 g/mol. The SMILES string of the molecule is COc1c(F)cc(NC(=O)C2=C(O)CC(CC(C)C)NC2=O)c(F)c1F. The van der Waals surface area contributed by atoms with E-state index in [0.717, 1.165) is 7.11 Å². The number of hydrogen-bond donors (Lipinski definition) is 3. The molecule has 1 aliphatic rings. The molecule has 0 saturated carbocycles. The van der Waals surface area contributed by atoms with Crippen LogP contribution in [-0.2, 0) is 9.59 Å². The van der Waals surface area contributed by atoms with E-state index < -0.39 is 52.0 Å². The van der Waals surface area contributed by atoms with E-state index in [1.165, 1.54) is 0 Å². The van der Waals surface area contributed by atoms with Crippen LogP contribution in [0.5, 0.6) is 5.75 Å². The number of hydrogen-bond acceptors (Lipinski definition) is 4. The maximum atomic E-state index is 13.9. The maximum Gasteiger partial charge on any atom is 0.264 e. The van der Waals surface area contributed by atoms with E-state index in [4.69, 9.17) is 0 Å². The fourth-order valence-corrected chi connectivity index (χ4v) is 2.76. The van der Waals surface area contributed by atoms with Crippen LogP contribution in [0.3, 0.4) is 0 Å². The summed E-state index contributed by atoms with van der Waals surface area (Å²) < 4.78 is 45.7. The number of halogens is 3. The predicted octanol–water partition coefficient (Wildman–Crippen LogP) is 2.80. The van der Waals surface area contributed by atoms with E-state index in [1.54, 1.807) is 0 Å². The Hall–Kier alpha value is -2.71. The lowest BCUT2D eigenvalue weighted by atomic mass is 9.95. The number of amides is 2. The van der Waals surface area contributed by atoms with Gasteiger partial charge < -0.3 is 20.5 Å². The second-order valence-corrected chi connectivity index (χ2v) is 6.35. The van der Waals surface area contributed by atoms with E-state index in [0.29, 0.717) is 12.5 Å². The van der Waals surface area contributed by atoms with Crippen LogP contribution in [0.4, 0.5) is 18.9 Å². The van der Waals surface area contributed by atoms with Crippen molar-refractivity contribution in [1.29, 1.82) is 0 Å². The van der Waals surface area contributed by atoms with Gasteiger partial charge in [0.25, 0.3) is 11.8 Å². The smallest absolute Gasteiger partial charge is 0.264 e. The van der Waals surface area contributed by atoms with Crippen LogP contribution in [0.15, 0.2) is 17.4 Å². The molecule has 9 heteroatoms. The summed E-state index contributed by atoms with van der Waals surface area (Å²) in [6.07, 6.45) is 0.620. The summed E-state index contributed by atoms with van der Waals surface area (Å²) in [6, 6.07) is 0.182. The second kappa shape index (κ2) is 7.67. The number of carbonyl (C=O) groups excluding carboxylic acids is 2. The molecule has 0 aromatic heterocycles. The summed E-state index contributed by atoms with van der Waals surface area (Å²) in [6.45, 7) is 3.87. The summed E-state index contributed by atoms with van der Waals surface area (Å²) in [4.78, 5) is 24.3. The minimum absolute atomic E-state index is 0.0283. The summed E-state index contributed by atoms with van der Waals surface area (Å²) in [7, 11) is 0.960. The number of benzene rings is 1. The molecule has 0 aliphatic carbocycles. The highest BCUT2D eigenvalue weighted by Gasteiger charge is 2.32. The van der Waals surface area contributed by atoms with Gasteiger partial charge in [0.2, 0.25) is 5.82 Å². The van der Waals surface area contributed by atoms with Crippen molar-refractivity contribution in [3.05, 3.63) is 34.9 Å². The van der Waals surface area contributed by atoms with Gasteiger partial charge in [0.1, 0.15) is 11.3 Å². The second-order valence-electron chi connectivity index (χ2n) is 6.35. The standard InChI is InChI=1S/C17H19F3N2O4/c1-7(2)4-8-5-11(23)12(16(24)21-8)17(25)22-10-6-9(18)15(26-3)14(20)13(10)19/h6-8,23H,4-5H2,1-3H3,(H,21,24)(H,22,25). The van der Waals surface area contributed by atoms with Crippen molar-refractivity contribution in [3.8, 4) is 5.75 Å². The Morgan fingerprint density at radius 2 is 2.04 bits per heavy atom. The third kappa shape index (κ3) is 3.92. The average Bonchev–Trinajstić information content (AvgIpc) is 2.51. The normalized spacial score (nSPS) is 17.3. The fraction of sp³-hybridized carbons (Fsp3) is 0.412. The summed E-state index contributed by atoms with van der Waals surface area (Å²) in [5.74, 6) is -7.57. The minimum atomic E-state index is -1.62. The zero-order valence-electron chi connectivity index (χ0n) is 14.5. The van der Waals surface area contributed by atoms with Crippen LogP contribution in [-0.4, -0.2) is 30.1 Å². The Morgan fingerprint density at radius 1 is 1.38 bits per heavy atom. The van der Waals surface area contributed by atoms with Crippen molar-refractivity contribution in [2.45, 2.75) is 32.7 Å². The predicted molar refractivity (Wildman–Crippen MR) is 87.2 cm³/mol. The molecule has 1 atom stereocenters. The molecule has 1 heterocycles. The molecule has 1 aromatic rings. The Labute approximate surface area is 148 Å². The number of aliphatic hydroxyl groups is 1. The Balaban J connectivity index is 2.26. The fourth-order valence-electron chi connectivity index (χ4n) is 2.76. The van der Waals surface area contributed by atoms with Gasteiger partial charge in [-0.2, -0.15) is 4.39 Å². The zero-order valence-corrected chi connectivity index (χ0v) is 14.5. The topological polar surface area (TPSA) is 87.7 Å². The maximum absolute atomic E-state index is 13.9. The highest BCUT2D eigenvalue weighted by molar-refractivity contribution is 6.23. The van der Waals surface area contributed by atoms with Gasteiger partial charge in [-0.25, -0.2) is 8.78 Å². The van der Waals surface area contributed by atoms with Gasteiger partial charge in [-0.15, -0.1) is 0 Å². The van der Waals surface area contributed by atoms with Gasteiger partial charge in [-0.05, 0) is 12.3 Å². The highest BCUT2D eigenvalue weighted by atomic mass is 19.2. The van der Waals surface area contributed by atoms with Crippen LogP contribution in [0.25, 0.3) is 0 Å². The number of anilines is 1. The molecule has 1 aliphatic heterocycles. The van der Waals surface area contributed by atoms with E-state index in [-0.39, 0.29) is 18.4 Å². The lowest BCUT2D eigenvalue weighted by Crippen LogP contribution is -2.44. The summed E-state index contributed by atoms with van der Waals surface area (Å²) in [5, 5.41) is 14.5. The van der Waals surface area contributed by atoms with Crippen LogP contribution >= 0.6 is 0 Å². The van der Waals surface area contributed by atoms with Gasteiger partial charge in [-0.1, -0.05) is 13.8 Å². The molecule has 26 heavy (non-hydrogen) atoms. The van der Waals surface area contributed by atoms with Gasteiger partial charge >= 0.3 is 0 Å². The molecule has 2 rings (SSSR count). The van der Waals surface area contributed by atoms with Crippen LogP contribution in [0.2, 0.25) is 0 Å². The van der Waals surface area contributed by atoms with Crippen molar-refractivity contribution in [1.82, 2.24) is 5.32 Å². The van der Waals surface area contributed by atoms with Crippen molar-refractivity contribution >= 4 is 17.5 Å². The molecular formula is C17H19F3N2O4. The third-order valence-electron chi connectivity index (χ3n) is 3.84. The van der Waals surface area contributed by atoms with E-state index in [2.05, 4.69) is 10.1 Å². The van der Waals surface area contributed by atoms with E-state index in [1.807, 2.05) is 19.2 Å². The van der Waals surface area contributed by atoms with Crippen molar-refractivity contribution in [2.24, 2.45) is 5.92 Å². The molecule has 0 saturated heterocycles. The molecule has 1 aromatic carbocycles. The molecule has 0 fully saturated rings. The van der Waals surface area contributed by atoms with Crippen molar-refractivity contribution in [2.75, 3.05) is 12.4 Å². The molecule has 142 valence electrons. The number of rotatable bonds is 5. The highest BCUT2D eigenvalue weighted by Crippen LogP contribution is 2.30. The van der Waals surface area contributed by atoms with Crippen LogP contribution < -0.4 is 15.4 Å². The Morgan fingerprint density at radius 3 is 2.58 bits per heavy atom. The molecule has 0 spiro atoms. The van der Waals surface area contributed by atoms with Crippen LogP contribution in [0, 0.1) is 23.4 Å². The molecule has 2 amide bonds. The molecule has 6 nitrogen and oxygen atoms in total. The minimum Gasteiger partial charge on any atom is -0.511 e. The number of nitrogens with one attached hydrogen (secondary N) is 2. The quantitative estimate of drug-likeness (QED) is 0.548. The molecule has 0 bridgehead atoms. The Bertz CT molecular complexity index is 778. The molecule has 1 unspecified atom stereocenters. The summed E-state index contributed by atoms with van der Waals surface area (Å²) in [5.41, 5.74) is -1.44. The van der Waals surface area contributed by atoms with E-state index >= 15 is 0 Å². The molecular weight excluding hydrogens is 353 g/mol. The van der Waals surface area contributed by atoms with Gasteiger partial charge in [0, 0.05) is 18.5 Å². The largest absolute Gasteiger partial charge is 0.511 e. The van der Waals surface area contributed by atoms with Gasteiger partial charge in [0.15, 0.2) is 17.4 Å². The third-order valence-corrected chi connectivity index (χ3v) is 3.84. The van der Waals surface area contributed by atoms with Crippen LogP contribution in [0.1, 0.15) is 26.7 Å². The number of ether oxygens (including phenoxy) is 1.